The van der Waals surface area contributed by atoms with E-state index in [2.05, 4.69) is 26.2 Å². The van der Waals surface area contributed by atoms with Gasteiger partial charge in [0.15, 0.2) is 0 Å². The predicted molar refractivity (Wildman–Crippen MR) is 83.3 cm³/mol. The number of hydrogen-bond donors (Lipinski definition) is 2. The van der Waals surface area contributed by atoms with E-state index in [9.17, 15) is 9.59 Å². The molecule has 0 fully saturated rings. The van der Waals surface area contributed by atoms with Crippen molar-refractivity contribution in [2.45, 2.75) is 0 Å². The molecular formula is C13H7BrCl2N2O3. The lowest BCUT2D eigenvalue weighted by molar-refractivity contribution is 0.0698. The van der Waals surface area contributed by atoms with Crippen LogP contribution in [0, 0.1) is 0 Å². The summed E-state index contributed by atoms with van der Waals surface area (Å²) in [7, 11) is 0. The molecule has 108 valence electrons. The van der Waals surface area contributed by atoms with E-state index in [4.69, 9.17) is 28.3 Å². The van der Waals surface area contributed by atoms with Gasteiger partial charge in [-0.3, -0.25) is 4.79 Å². The Balaban J connectivity index is 2.41. The number of carbonyl (C=O) groups excluding carboxylic acids is 1. The van der Waals surface area contributed by atoms with Crippen LogP contribution in [0.25, 0.3) is 0 Å². The van der Waals surface area contributed by atoms with Gasteiger partial charge in [0.05, 0.1) is 16.3 Å². The second-order valence-electron chi connectivity index (χ2n) is 3.89. The van der Waals surface area contributed by atoms with Crippen LogP contribution in [0.2, 0.25) is 10.2 Å². The molecule has 1 aromatic carbocycles. The summed E-state index contributed by atoms with van der Waals surface area (Å²) in [4.78, 5) is 27.2. The number of aromatic nitrogens is 1. The van der Waals surface area contributed by atoms with Crippen molar-refractivity contribution in [2.24, 2.45) is 0 Å². The highest BCUT2D eigenvalue weighted by molar-refractivity contribution is 9.10. The van der Waals surface area contributed by atoms with Crippen LogP contribution in [0.3, 0.4) is 0 Å². The largest absolute Gasteiger partial charge is 0.478 e. The van der Waals surface area contributed by atoms with Crippen LogP contribution in [0.5, 0.6) is 0 Å². The lowest BCUT2D eigenvalue weighted by Crippen LogP contribution is -2.17. The van der Waals surface area contributed by atoms with E-state index in [1.54, 1.807) is 12.1 Å². The molecule has 0 spiro atoms. The molecule has 8 heteroatoms. The first-order valence-corrected chi connectivity index (χ1v) is 7.10. The van der Waals surface area contributed by atoms with Gasteiger partial charge in [0.25, 0.3) is 5.91 Å². The van der Waals surface area contributed by atoms with E-state index >= 15 is 0 Å². The average Bonchev–Trinajstić information content (AvgIpc) is 2.43. The number of halogens is 3. The fourth-order valence-electron chi connectivity index (χ4n) is 1.58. The number of anilines is 1. The van der Waals surface area contributed by atoms with Gasteiger partial charge < -0.3 is 10.4 Å². The van der Waals surface area contributed by atoms with Crippen LogP contribution in [-0.2, 0) is 0 Å². The van der Waals surface area contributed by atoms with E-state index in [0.717, 1.165) is 0 Å². The predicted octanol–water partition coefficient (Wildman–Crippen LogP) is 4.10. The molecule has 0 aliphatic carbocycles. The second kappa shape index (κ2) is 6.43. The molecule has 0 atom stereocenters. The molecule has 1 aromatic heterocycles. The SMILES string of the molecule is O=C(O)c1cccc(Br)c1NC(=O)c1nc(Cl)ccc1Cl. The molecule has 0 unspecified atom stereocenters. The Hall–Kier alpha value is -1.63. The monoisotopic (exact) mass is 388 g/mol. The molecular weight excluding hydrogens is 383 g/mol. The van der Waals surface area contributed by atoms with Crippen molar-refractivity contribution in [3.8, 4) is 0 Å². The molecule has 0 saturated carbocycles. The molecule has 1 amide bonds. The van der Waals surface area contributed by atoms with Crippen molar-refractivity contribution >= 4 is 56.7 Å². The lowest BCUT2D eigenvalue weighted by atomic mass is 10.1. The Morgan fingerprint density at radius 2 is 1.90 bits per heavy atom. The summed E-state index contributed by atoms with van der Waals surface area (Å²) in [6.07, 6.45) is 0. The summed E-state index contributed by atoms with van der Waals surface area (Å²) in [6.45, 7) is 0. The van der Waals surface area contributed by atoms with Crippen molar-refractivity contribution in [1.29, 1.82) is 0 Å². The highest BCUT2D eigenvalue weighted by atomic mass is 79.9. The zero-order chi connectivity index (χ0) is 15.6. The maximum absolute atomic E-state index is 12.2. The number of nitrogens with one attached hydrogen (secondary N) is 1. The maximum atomic E-state index is 12.2. The minimum Gasteiger partial charge on any atom is -0.478 e. The molecule has 5 nitrogen and oxygen atoms in total. The number of pyridine rings is 1. The van der Waals surface area contributed by atoms with Crippen LogP contribution in [0.4, 0.5) is 5.69 Å². The van der Waals surface area contributed by atoms with E-state index in [1.165, 1.54) is 18.2 Å². The summed E-state index contributed by atoms with van der Waals surface area (Å²) in [6, 6.07) is 7.41. The molecule has 0 aliphatic heterocycles. The molecule has 0 aliphatic rings. The smallest absolute Gasteiger partial charge is 0.337 e. The van der Waals surface area contributed by atoms with Crippen molar-refractivity contribution in [3.05, 3.63) is 56.2 Å². The summed E-state index contributed by atoms with van der Waals surface area (Å²) in [5, 5.41) is 11.8. The van der Waals surface area contributed by atoms with Crippen molar-refractivity contribution in [2.75, 3.05) is 5.32 Å². The first-order valence-electron chi connectivity index (χ1n) is 5.55. The van der Waals surface area contributed by atoms with Crippen molar-refractivity contribution in [1.82, 2.24) is 4.98 Å². The first kappa shape index (κ1) is 15.8. The minimum absolute atomic E-state index is 0.0594. The Morgan fingerprint density at radius 3 is 2.57 bits per heavy atom. The van der Waals surface area contributed by atoms with Gasteiger partial charge in [-0.1, -0.05) is 29.3 Å². The van der Waals surface area contributed by atoms with E-state index in [0.29, 0.717) is 4.47 Å². The number of amides is 1. The Bertz CT molecular complexity index is 737. The second-order valence-corrected chi connectivity index (χ2v) is 5.53. The molecule has 2 rings (SSSR count). The number of para-hydroxylation sites is 1. The highest BCUT2D eigenvalue weighted by Gasteiger charge is 2.19. The van der Waals surface area contributed by atoms with Gasteiger partial charge in [0.2, 0.25) is 0 Å². The highest BCUT2D eigenvalue weighted by Crippen LogP contribution is 2.28. The number of carboxylic acid groups (broad SMARTS) is 1. The molecule has 2 N–H and O–H groups in total. The third kappa shape index (κ3) is 3.53. The van der Waals surface area contributed by atoms with Crippen LogP contribution in [0.1, 0.15) is 20.8 Å². The molecule has 1 heterocycles. The molecule has 0 radical (unpaired) electrons. The number of carbonyl (C=O) groups is 2. The van der Waals surface area contributed by atoms with E-state index < -0.39 is 11.9 Å². The number of hydrogen-bond acceptors (Lipinski definition) is 3. The third-order valence-corrected chi connectivity index (χ3v) is 3.69. The zero-order valence-corrected chi connectivity index (χ0v) is 13.3. The van der Waals surface area contributed by atoms with E-state index in [-0.39, 0.29) is 27.1 Å². The van der Waals surface area contributed by atoms with Gasteiger partial charge in [-0.15, -0.1) is 0 Å². The molecule has 0 saturated heterocycles. The summed E-state index contributed by atoms with van der Waals surface area (Å²) in [5.41, 5.74) is -0.0278. The molecule has 21 heavy (non-hydrogen) atoms. The van der Waals surface area contributed by atoms with Crippen LogP contribution in [-0.4, -0.2) is 22.0 Å². The van der Waals surface area contributed by atoms with Gasteiger partial charge in [-0.2, -0.15) is 0 Å². The average molecular weight is 390 g/mol. The van der Waals surface area contributed by atoms with Gasteiger partial charge in [0, 0.05) is 4.47 Å². The summed E-state index contributed by atoms with van der Waals surface area (Å²) >= 11 is 14.8. The van der Waals surface area contributed by atoms with E-state index in [1.807, 2.05) is 0 Å². The van der Waals surface area contributed by atoms with Crippen molar-refractivity contribution < 1.29 is 14.7 Å². The standard InChI is InChI=1S/C13H7BrCl2N2O3/c14-7-3-1-2-6(13(20)21)10(7)18-12(19)11-8(15)4-5-9(16)17-11/h1-5H,(H,18,19)(H,20,21). The van der Waals surface area contributed by atoms with Crippen LogP contribution in [0.15, 0.2) is 34.8 Å². The maximum Gasteiger partial charge on any atom is 0.337 e. The minimum atomic E-state index is -1.17. The summed E-state index contributed by atoms with van der Waals surface area (Å²) in [5.74, 6) is -1.83. The Morgan fingerprint density at radius 1 is 1.19 bits per heavy atom. The van der Waals surface area contributed by atoms with Gasteiger partial charge in [0.1, 0.15) is 10.8 Å². The third-order valence-electron chi connectivity index (χ3n) is 2.51. The Labute approximate surface area is 138 Å². The summed E-state index contributed by atoms with van der Waals surface area (Å²) < 4.78 is 0.425. The fourth-order valence-corrected chi connectivity index (χ4v) is 2.38. The van der Waals surface area contributed by atoms with Crippen molar-refractivity contribution in [3.63, 3.8) is 0 Å². The number of aromatic carboxylic acids is 1. The number of nitrogens with zero attached hydrogens (tertiary/aromatic N) is 1. The van der Waals surface area contributed by atoms with Gasteiger partial charge >= 0.3 is 5.97 Å². The van der Waals surface area contributed by atoms with Crippen LogP contribution >= 0.6 is 39.1 Å². The number of carboxylic acids is 1. The molecule has 2 aromatic rings. The Kier molecular flexibility index (Phi) is 4.82. The number of benzene rings is 1. The topological polar surface area (TPSA) is 79.3 Å². The van der Waals surface area contributed by atoms with Crippen LogP contribution < -0.4 is 5.32 Å². The quantitative estimate of drug-likeness (QED) is 0.774. The van der Waals surface area contributed by atoms with Gasteiger partial charge in [-0.05, 0) is 40.2 Å². The zero-order valence-electron chi connectivity index (χ0n) is 10.2. The first-order chi connectivity index (χ1) is 9.90. The number of rotatable bonds is 3. The lowest BCUT2D eigenvalue weighted by Gasteiger charge is -2.11. The fraction of sp³-hybridized carbons (Fsp3) is 0. The normalized spacial score (nSPS) is 10.2. The molecule has 0 bridgehead atoms. The van der Waals surface area contributed by atoms with Gasteiger partial charge in [-0.25, -0.2) is 9.78 Å².